The van der Waals surface area contributed by atoms with Crippen molar-refractivity contribution in [1.82, 2.24) is 10.7 Å². The van der Waals surface area contributed by atoms with Gasteiger partial charge in [0.15, 0.2) is 0 Å². The Morgan fingerprint density at radius 1 is 1.08 bits per heavy atom. The van der Waals surface area contributed by atoms with E-state index in [0.29, 0.717) is 11.1 Å². The highest BCUT2D eigenvalue weighted by Gasteiger charge is 2.19. The molecular formula is C17H21N3O4. The molecule has 0 aromatic heterocycles. The second-order valence-electron chi connectivity index (χ2n) is 5.62. The van der Waals surface area contributed by atoms with Crippen molar-refractivity contribution in [3.05, 3.63) is 35.4 Å². The summed E-state index contributed by atoms with van der Waals surface area (Å²) in [6.45, 7) is 0. The highest BCUT2D eigenvalue weighted by molar-refractivity contribution is 6.35. The van der Waals surface area contributed by atoms with Gasteiger partial charge in [-0.1, -0.05) is 31.4 Å². The Morgan fingerprint density at radius 2 is 1.75 bits per heavy atom. The smallest absolute Gasteiger partial charge is 0.337 e. The van der Waals surface area contributed by atoms with E-state index in [4.69, 9.17) is 0 Å². The zero-order chi connectivity index (χ0) is 17.4. The van der Waals surface area contributed by atoms with Crippen molar-refractivity contribution in [3.8, 4) is 0 Å². The summed E-state index contributed by atoms with van der Waals surface area (Å²) in [5.41, 5.74) is 3.29. The summed E-state index contributed by atoms with van der Waals surface area (Å²) < 4.78 is 4.60. The van der Waals surface area contributed by atoms with Gasteiger partial charge in [0.1, 0.15) is 0 Å². The molecule has 0 atom stereocenters. The molecule has 0 bridgehead atoms. The summed E-state index contributed by atoms with van der Waals surface area (Å²) in [7, 11) is 1.31. The van der Waals surface area contributed by atoms with E-state index in [1.54, 1.807) is 24.3 Å². The molecule has 1 aliphatic rings. The summed E-state index contributed by atoms with van der Waals surface area (Å²) in [5, 5.41) is 6.47. The van der Waals surface area contributed by atoms with Crippen LogP contribution in [0.1, 0.15) is 48.0 Å². The molecule has 0 aliphatic heterocycles. The van der Waals surface area contributed by atoms with Crippen LogP contribution in [0.4, 0.5) is 0 Å². The number of hydrogen-bond donors (Lipinski definition) is 2. The summed E-state index contributed by atoms with van der Waals surface area (Å²) in [6.07, 6.45) is 6.55. The van der Waals surface area contributed by atoms with Crippen molar-refractivity contribution in [2.24, 2.45) is 5.10 Å². The monoisotopic (exact) mass is 331 g/mol. The number of nitrogens with zero attached hydrogens (tertiary/aromatic N) is 1. The average molecular weight is 331 g/mol. The Kier molecular flexibility index (Phi) is 6.48. The Hall–Kier alpha value is -2.70. The SMILES string of the molecule is COC(=O)c1ccc(/C=N/NC(=O)C(=O)NC2CCCCC2)cc1. The Labute approximate surface area is 140 Å². The van der Waals surface area contributed by atoms with Gasteiger partial charge < -0.3 is 10.1 Å². The van der Waals surface area contributed by atoms with Crippen LogP contribution in [-0.4, -0.2) is 37.1 Å². The minimum Gasteiger partial charge on any atom is -0.465 e. The number of rotatable bonds is 4. The van der Waals surface area contributed by atoms with Gasteiger partial charge in [-0.2, -0.15) is 5.10 Å². The topological polar surface area (TPSA) is 96.9 Å². The Bertz CT molecular complexity index is 619. The predicted molar refractivity (Wildman–Crippen MR) is 88.5 cm³/mol. The van der Waals surface area contributed by atoms with E-state index in [1.165, 1.54) is 19.7 Å². The fourth-order valence-corrected chi connectivity index (χ4v) is 2.54. The van der Waals surface area contributed by atoms with Crippen molar-refractivity contribution >= 4 is 24.0 Å². The van der Waals surface area contributed by atoms with E-state index in [9.17, 15) is 14.4 Å². The molecule has 2 N–H and O–H groups in total. The average Bonchev–Trinajstić information content (AvgIpc) is 2.62. The third-order valence-electron chi connectivity index (χ3n) is 3.86. The van der Waals surface area contributed by atoms with Gasteiger partial charge in [-0.3, -0.25) is 9.59 Å². The predicted octanol–water partition coefficient (Wildman–Crippen LogP) is 1.37. The first-order valence-corrected chi connectivity index (χ1v) is 7.92. The zero-order valence-corrected chi connectivity index (χ0v) is 13.6. The van der Waals surface area contributed by atoms with Crippen molar-refractivity contribution in [2.45, 2.75) is 38.1 Å². The maximum atomic E-state index is 11.8. The number of ether oxygens (including phenoxy) is 1. The fraction of sp³-hybridized carbons (Fsp3) is 0.412. The number of benzene rings is 1. The fourth-order valence-electron chi connectivity index (χ4n) is 2.54. The van der Waals surface area contributed by atoms with E-state index in [0.717, 1.165) is 25.7 Å². The molecule has 2 rings (SSSR count). The van der Waals surface area contributed by atoms with Crippen molar-refractivity contribution in [2.75, 3.05) is 7.11 Å². The maximum absolute atomic E-state index is 11.8. The first kappa shape index (κ1) is 17.7. The van der Waals surface area contributed by atoms with Crippen molar-refractivity contribution in [3.63, 3.8) is 0 Å². The Balaban J connectivity index is 1.80. The van der Waals surface area contributed by atoms with Crippen molar-refractivity contribution in [1.29, 1.82) is 0 Å². The number of hydrazone groups is 1. The summed E-state index contributed by atoms with van der Waals surface area (Å²) in [5.74, 6) is -1.88. The molecule has 7 heteroatoms. The van der Waals surface area contributed by atoms with Gasteiger partial charge in [-0.15, -0.1) is 0 Å². The van der Waals surface area contributed by atoms with Crippen LogP contribution < -0.4 is 10.7 Å². The molecule has 24 heavy (non-hydrogen) atoms. The molecule has 0 spiro atoms. The normalized spacial score (nSPS) is 15.0. The molecular weight excluding hydrogens is 310 g/mol. The molecule has 7 nitrogen and oxygen atoms in total. The summed E-state index contributed by atoms with van der Waals surface area (Å²) >= 11 is 0. The highest BCUT2D eigenvalue weighted by Crippen LogP contribution is 2.17. The lowest BCUT2D eigenvalue weighted by atomic mass is 9.95. The van der Waals surface area contributed by atoms with Gasteiger partial charge in [0.25, 0.3) is 0 Å². The first-order chi connectivity index (χ1) is 11.6. The zero-order valence-electron chi connectivity index (χ0n) is 13.6. The molecule has 0 heterocycles. The molecule has 1 aliphatic carbocycles. The van der Waals surface area contributed by atoms with Crippen molar-refractivity contribution < 1.29 is 19.1 Å². The number of esters is 1. The van der Waals surface area contributed by atoms with Gasteiger partial charge in [-0.05, 0) is 30.5 Å². The lowest BCUT2D eigenvalue weighted by molar-refractivity contribution is -0.139. The molecule has 1 aromatic carbocycles. The molecule has 1 fully saturated rings. The number of carbonyl (C=O) groups is 3. The van der Waals surface area contributed by atoms with Crippen LogP contribution in [0.2, 0.25) is 0 Å². The summed E-state index contributed by atoms with van der Waals surface area (Å²) in [4.78, 5) is 34.8. The molecule has 0 radical (unpaired) electrons. The largest absolute Gasteiger partial charge is 0.465 e. The number of carbonyl (C=O) groups excluding carboxylic acids is 3. The Morgan fingerprint density at radius 3 is 2.38 bits per heavy atom. The molecule has 128 valence electrons. The van der Waals surface area contributed by atoms with E-state index >= 15 is 0 Å². The van der Waals surface area contributed by atoms with Gasteiger partial charge in [-0.25, -0.2) is 10.2 Å². The third-order valence-corrected chi connectivity index (χ3v) is 3.86. The van der Waals surface area contributed by atoms with Gasteiger partial charge in [0, 0.05) is 6.04 Å². The number of nitrogens with one attached hydrogen (secondary N) is 2. The molecule has 0 unspecified atom stereocenters. The van der Waals surface area contributed by atoms with Crippen LogP contribution in [-0.2, 0) is 14.3 Å². The summed E-state index contributed by atoms with van der Waals surface area (Å²) in [6, 6.07) is 6.57. The van der Waals surface area contributed by atoms with Gasteiger partial charge >= 0.3 is 17.8 Å². The lowest BCUT2D eigenvalue weighted by Crippen LogP contribution is -2.44. The van der Waals surface area contributed by atoms with Crippen LogP contribution in [0.3, 0.4) is 0 Å². The second kappa shape index (κ2) is 8.81. The highest BCUT2D eigenvalue weighted by atomic mass is 16.5. The third kappa shape index (κ3) is 5.19. The minimum absolute atomic E-state index is 0.0758. The van der Waals surface area contributed by atoms with Crippen LogP contribution in [0, 0.1) is 0 Å². The van der Waals surface area contributed by atoms with E-state index in [1.807, 2.05) is 0 Å². The van der Waals surface area contributed by atoms with Crippen LogP contribution >= 0.6 is 0 Å². The molecule has 0 saturated heterocycles. The number of amides is 2. The maximum Gasteiger partial charge on any atom is 0.337 e. The standard InChI is InChI=1S/C17H21N3O4/c1-24-17(23)13-9-7-12(8-10-13)11-18-20-16(22)15(21)19-14-5-3-2-4-6-14/h7-11,14H,2-6H2,1H3,(H,19,21)(H,20,22)/b18-11+. The number of hydrogen-bond acceptors (Lipinski definition) is 5. The van der Waals surface area contributed by atoms with Gasteiger partial charge in [0.2, 0.25) is 0 Å². The van der Waals surface area contributed by atoms with E-state index in [-0.39, 0.29) is 6.04 Å². The second-order valence-corrected chi connectivity index (χ2v) is 5.62. The molecule has 2 amide bonds. The van der Waals surface area contributed by atoms with Crippen LogP contribution in [0.15, 0.2) is 29.4 Å². The van der Waals surface area contributed by atoms with Crippen LogP contribution in [0.25, 0.3) is 0 Å². The first-order valence-electron chi connectivity index (χ1n) is 7.92. The van der Waals surface area contributed by atoms with Crippen LogP contribution in [0.5, 0.6) is 0 Å². The van der Waals surface area contributed by atoms with E-state index < -0.39 is 17.8 Å². The minimum atomic E-state index is -0.789. The molecule has 1 aromatic rings. The van der Waals surface area contributed by atoms with Gasteiger partial charge in [0.05, 0.1) is 18.9 Å². The molecule has 1 saturated carbocycles. The quantitative estimate of drug-likeness (QED) is 0.377. The lowest BCUT2D eigenvalue weighted by Gasteiger charge is -2.22. The van der Waals surface area contributed by atoms with E-state index in [2.05, 4.69) is 20.6 Å². The number of methoxy groups -OCH3 is 1.